The topological polar surface area (TPSA) is 51.4 Å². The summed E-state index contributed by atoms with van der Waals surface area (Å²) in [5.74, 6) is 0.0710. The van der Waals surface area contributed by atoms with Crippen LogP contribution in [0.25, 0.3) is 0 Å². The number of hydrogen-bond acceptors (Lipinski definition) is 4. The van der Waals surface area contributed by atoms with Crippen molar-refractivity contribution in [3.05, 3.63) is 23.6 Å². The first kappa shape index (κ1) is 15.9. The summed E-state index contributed by atoms with van der Waals surface area (Å²) in [5, 5.41) is 0. The van der Waals surface area contributed by atoms with E-state index in [9.17, 15) is 4.39 Å². The van der Waals surface area contributed by atoms with Gasteiger partial charge in [-0.3, -0.25) is 0 Å². The largest absolute Gasteiger partial charge is 0.383 e. The molecule has 0 radical (unpaired) electrons. The van der Waals surface area contributed by atoms with Crippen LogP contribution in [0.5, 0.6) is 0 Å². The van der Waals surface area contributed by atoms with Gasteiger partial charge in [0.1, 0.15) is 0 Å². The Morgan fingerprint density at radius 2 is 2.11 bits per heavy atom. The van der Waals surface area contributed by atoms with Gasteiger partial charge in [-0.25, -0.2) is 9.37 Å². The number of ether oxygens (including phenoxy) is 1. The molecule has 1 aromatic heterocycles. The second-order valence-electron chi connectivity index (χ2n) is 4.47. The zero-order chi connectivity index (χ0) is 14.3. The van der Waals surface area contributed by atoms with E-state index >= 15 is 0 Å². The number of pyridine rings is 1. The number of nitrogens with two attached hydrogens (primary N) is 1. The molecule has 108 valence electrons. The van der Waals surface area contributed by atoms with E-state index in [1.54, 1.807) is 19.4 Å². The highest BCUT2D eigenvalue weighted by molar-refractivity contribution is 5.44. The van der Waals surface area contributed by atoms with E-state index in [4.69, 9.17) is 10.5 Å². The SMILES string of the molecule is CCC(CC)N(CCOC)c1nccc(CN)c1F. The highest BCUT2D eigenvalue weighted by atomic mass is 19.1. The van der Waals surface area contributed by atoms with Gasteiger partial charge in [0.05, 0.1) is 6.61 Å². The number of rotatable bonds is 8. The molecule has 0 saturated heterocycles. The smallest absolute Gasteiger partial charge is 0.170 e. The molecule has 0 saturated carbocycles. The van der Waals surface area contributed by atoms with Crippen molar-refractivity contribution in [2.75, 3.05) is 25.2 Å². The predicted molar refractivity (Wildman–Crippen MR) is 75.7 cm³/mol. The molecule has 0 atom stereocenters. The zero-order valence-corrected chi connectivity index (χ0v) is 12.0. The highest BCUT2D eigenvalue weighted by Crippen LogP contribution is 2.23. The molecule has 1 heterocycles. The van der Waals surface area contributed by atoms with Crippen LogP contribution in [0, 0.1) is 5.82 Å². The maximum absolute atomic E-state index is 14.4. The van der Waals surface area contributed by atoms with E-state index < -0.39 is 0 Å². The van der Waals surface area contributed by atoms with Gasteiger partial charge < -0.3 is 15.4 Å². The van der Waals surface area contributed by atoms with Crippen LogP contribution >= 0.6 is 0 Å². The summed E-state index contributed by atoms with van der Waals surface area (Å²) in [6.45, 7) is 5.55. The lowest BCUT2D eigenvalue weighted by atomic mass is 10.1. The maximum atomic E-state index is 14.4. The monoisotopic (exact) mass is 269 g/mol. The normalized spacial score (nSPS) is 11.1. The molecule has 0 aliphatic heterocycles. The number of methoxy groups -OCH3 is 1. The molecule has 5 heteroatoms. The summed E-state index contributed by atoms with van der Waals surface area (Å²) in [6, 6.07) is 1.88. The van der Waals surface area contributed by atoms with Crippen molar-refractivity contribution in [3.8, 4) is 0 Å². The summed E-state index contributed by atoms with van der Waals surface area (Å²) in [6.07, 6.45) is 3.49. The third-order valence-electron chi connectivity index (χ3n) is 3.36. The van der Waals surface area contributed by atoms with Gasteiger partial charge in [-0.2, -0.15) is 0 Å². The third kappa shape index (κ3) is 3.88. The van der Waals surface area contributed by atoms with E-state index in [2.05, 4.69) is 18.8 Å². The van der Waals surface area contributed by atoms with Crippen LogP contribution in [0.1, 0.15) is 32.3 Å². The Kier molecular flexibility index (Phi) is 6.73. The maximum Gasteiger partial charge on any atom is 0.170 e. The van der Waals surface area contributed by atoms with Crippen LogP contribution in [0.15, 0.2) is 12.3 Å². The van der Waals surface area contributed by atoms with Crippen molar-refractivity contribution in [1.82, 2.24) is 4.98 Å². The molecule has 0 amide bonds. The van der Waals surface area contributed by atoms with E-state index in [1.807, 2.05) is 4.90 Å². The third-order valence-corrected chi connectivity index (χ3v) is 3.36. The molecule has 19 heavy (non-hydrogen) atoms. The lowest BCUT2D eigenvalue weighted by Gasteiger charge is -2.32. The van der Waals surface area contributed by atoms with Crippen molar-refractivity contribution >= 4 is 5.82 Å². The molecule has 0 aliphatic carbocycles. The first-order valence-corrected chi connectivity index (χ1v) is 6.78. The summed E-state index contributed by atoms with van der Waals surface area (Å²) in [4.78, 5) is 6.18. The molecule has 0 aliphatic rings. The van der Waals surface area contributed by atoms with Crippen LogP contribution in [-0.4, -0.2) is 31.3 Å². The number of anilines is 1. The molecular weight excluding hydrogens is 245 g/mol. The standard InChI is InChI=1S/C14H24FN3O/c1-4-12(5-2)18(8-9-19-3)14-13(15)11(10-16)6-7-17-14/h6-7,12H,4-5,8-10,16H2,1-3H3. The fourth-order valence-electron chi connectivity index (χ4n) is 2.21. The number of halogens is 1. The molecule has 2 N–H and O–H groups in total. The zero-order valence-electron chi connectivity index (χ0n) is 12.0. The molecule has 0 fully saturated rings. The van der Waals surface area contributed by atoms with E-state index in [-0.39, 0.29) is 18.4 Å². The van der Waals surface area contributed by atoms with E-state index in [0.717, 1.165) is 12.8 Å². The fourth-order valence-corrected chi connectivity index (χ4v) is 2.21. The van der Waals surface area contributed by atoms with Gasteiger partial charge in [0, 0.05) is 38.0 Å². The van der Waals surface area contributed by atoms with Gasteiger partial charge in [0.15, 0.2) is 11.6 Å². The van der Waals surface area contributed by atoms with Crippen molar-refractivity contribution in [1.29, 1.82) is 0 Å². The predicted octanol–water partition coefficient (Wildman–Crippen LogP) is 2.32. The Labute approximate surface area is 114 Å². The number of nitrogens with zero attached hydrogens (tertiary/aromatic N) is 2. The van der Waals surface area contributed by atoms with Gasteiger partial charge in [-0.1, -0.05) is 13.8 Å². The van der Waals surface area contributed by atoms with Crippen molar-refractivity contribution in [2.45, 2.75) is 39.3 Å². The quantitative estimate of drug-likeness (QED) is 0.787. The highest BCUT2D eigenvalue weighted by Gasteiger charge is 2.21. The lowest BCUT2D eigenvalue weighted by Crippen LogP contribution is -2.38. The Bertz CT molecular complexity index is 383. The van der Waals surface area contributed by atoms with Gasteiger partial charge in [-0.05, 0) is 18.9 Å². The average molecular weight is 269 g/mol. The summed E-state index contributed by atoms with van der Waals surface area (Å²) in [5.41, 5.74) is 6.05. The summed E-state index contributed by atoms with van der Waals surface area (Å²) in [7, 11) is 1.64. The molecule has 4 nitrogen and oxygen atoms in total. The van der Waals surface area contributed by atoms with Crippen molar-refractivity contribution in [2.24, 2.45) is 5.73 Å². The molecule has 0 bridgehead atoms. The fraction of sp³-hybridized carbons (Fsp3) is 0.643. The average Bonchev–Trinajstić information content (AvgIpc) is 2.44. The molecule has 0 unspecified atom stereocenters. The lowest BCUT2D eigenvalue weighted by molar-refractivity contribution is 0.202. The number of aromatic nitrogens is 1. The van der Waals surface area contributed by atoms with E-state index in [0.29, 0.717) is 24.5 Å². The second-order valence-corrected chi connectivity index (χ2v) is 4.47. The van der Waals surface area contributed by atoms with Crippen molar-refractivity contribution < 1.29 is 9.13 Å². The Hall–Kier alpha value is -1.20. The molecule has 1 rings (SSSR count). The minimum absolute atomic E-state index is 0.183. The van der Waals surface area contributed by atoms with Gasteiger partial charge >= 0.3 is 0 Å². The van der Waals surface area contributed by atoms with Crippen LogP contribution in [0.3, 0.4) is 0 Å². The Morgan fingerprint density at radius 3 is 2.63 bits per heavy atom. The number of hydrogen-bond donors (Lipinski definition) is 1. The molecule has 1 aromatic rings. The van der Waals surface area contributed by atoms with Gasteiger partial charge in [0.25, 0.3) is 0 Å². The first-order chi connectivity index (χ1) is 9.19. The Morgan fingerprint density at radius 1 is 1.42 bits per heavy atom. The minimum Gasteiger partial charge on any atom is -0.383 e. The van der Waals surface area contributed by atoms with Crippen LogP contribution < -0.4 is 10.6 Å². The van der Waals surface area contributed by atoms with Crippen LogP contribution in [0.2, 0.25) is 0 Å². The summed E-state index contributed by atoms with van der Waals surface area (Å²) >= 11 is 0. The second kappa shape index (κ2) is 8.07. The Balaban J connectivity index is 3.08. The molecule has 0 aromatic carbocycles. The van der Waals surface area contributed by atoms with Gasteiger partial charge in [-0.15, -0.1) is 0 Å². The summed E-state index contributed by atoms with van der Waals surface area (Å²) < 4.78 is 19.5. The van der Waals surface area contributed by atoms with Crippen LogP contribution in [-0.2, 0) is 11.3 Å². The van der Waals surface area contributed by atoms with Gasteiger partial charge in [0.2, 0.25) is 0 Å². The molecular formula is C14H24FN3O. The van der Waals surface area contributed by atoms with Crippen LogP contribution in [0.4, 0.5) is 10.2 Å². The van der Waals surface area contributed by atoms with E-state index in [1.165, 1.54) is 0 Å². The molecule has 0 spiro atoms. The first-order valence-electron chi connectivity index (χ1n) is 6.78. The minimum atomic E-state index is -0.312. The van der Waals surface area contributed by atoms with Crippen molar-refractivity contribution in [3.63, 3.8) is 0 Å².